The van der Waals surface area contributed by atoms with Gasteiger partial charge < -0.3 is 20.7 Å². The number of hydrogen-bond donors (Lipinski definition) is 2. The largest absolute Gasteiger partial charge is 0.466 e. The Bertz CT molecular complexity index is 650. The van der Waals surface area contributed by atoms with Gasteiger partial charge in [-0.05, 0) is 57.4 Å². The van der Waals surface area contributed by atoms with Crippen LogP contribution in [0.1, 0.15) is 49.9 Å². The Morgan fingerprint density at radius 1 is 1.22 bits per heavy atom. The first-order valence-corrected chi connectivity index (χ1v) is 9.52. The molecule has 1 aromatic carbocycles. The summed E-state index contributed by atoms with van der Waals surface area (Å²) in [7, 11) is 0. The van der Waals surface area contributed by atoms with E-state index in [0.29, 0.717) is 56.6 Å². The predicted octanol–water partition coefficient (Wildman–Crippen LogP) is 2.17. The summed E-state index contributed by atoms with van der Waals surface area (Å²) in [4.78, 5) is 38.0. The fraction of sp³-hybridized carbons (Fsp3) is 0.550. The fourth-order valence-corrected chi connectivity index (χ4v) is 3.04. The zero-order chi connectivity index (χ0) is 19.8. The first kappa shape index (κ1) is 20.9. The van der Waals surface area contributed by atoms with E-state index in [1.807, 2.05) is 6.92 Å². The van der Waals surface area contributed by atoms with E-state index in [-0.39, 0.29) is 29.7 Å². The van der Waals surface area contributed by atoms with Crippen molar-refractivity contribution >= 4 is 23.5 Å². The Labute approximate surface area is 160 Å². The second-order valence-electron chi connectivity index (χ2n) is 6.96. The zero-order valence-electron chi connectivity index (χ0n) is 16.1. The number of nitrogens with zero attached hydrogens (tertiary/aromatic N) is 1. The number of anilines is 1. The Kier molecular flexibility index (Phi) is 7.79. The van der Waals surface area contributed by atoms with E-state index in [1.54, 1.807) is 36.1 Å². The normalized spacial score (nSPS) is 15.9. The Hall–Kier alpha value is -2.41. The molecule has 2 amide bonds. The highest BCUT2D eigenvalue weighted by Crippen LogP contribution is 2.21. The number of likely N-dealkylation sites (tertiary alicyclic amines) is 1. The number of carbonyl (C=O) groups excluding carboxylic acids is 3. The van der Waals surface area contributed by atoms with Crippen LogP contribution in [-0.4, -0.2) is 48.4 Å². The van der Waals surface area contributed by atoms with Crippen LogP contribution in [0.2, 0.25) is 0 Å². The molecule has 2 rings (SSSR count). The van der Waals surface area contributed by atoms with Crippen molar-refractivity contribution < 1.29 is 19.1 Å². The molecule has 1 atom stereocenters. The molecule has 0 spiro atoms. The summed E-state index contributed by atoms with van der Waals surface area (Å²) < 4.78 is 5.05. The number of benzene rings is 1. The van der Waals surface area contributed by atoms with Crippen molar-refractivity contribution in [3.05, 3.63) is 29.8 Å². The SMILES string of the molecule is CCOC(=O)C1CCN(C(=O)c2ccc(NC(=O)CCC(C)N)cc2)CC1. The van der Waals surface area contributed by atoms with Gasteiger partial charge in [0.25, 0.3) is 5.91 Å². The molecule has 1 aromatic rings. The van der Waals surface area contributed by atoms with Crippen molar-refractivity contribution in [2.45, 2.75) is 45.6 Å². The molecule has 1 aliphatic rings. The zero-order valence-corrected chi connectivity index (χ0v) is 16.1. The summed E-state index contributed by atoms with van der Waals surface area (Å²) in [6.45, 7) is 5.12. The van der Waals surface area contributed by atoms with Crippen LogP contribution in [0.5, 0.6) is 0 Å². The highest BCUT2D eigenvalue weighted by molar-refractivity contribution is 5.96. The molecule has 1 fully saturated rings. The minimum Gasteiger partial charge on any atom is -0.466 e. The number of esters is 1. The molecule has 1 aliphatic heterocycles. The van der Waals surface area contributed by atoms with Crippen molar-refractivity contribution in [3.63, 3.8) is 0 Å². The fourth-order valence-electron chi connectivity index (χ4n) is 3.04. The van der Waals surface area contributed by atoms with Gasteiger partial charge in [-0.15, -0.1) is 0 Å². The van der Waals surface area contributed by atoms with E-state index >= 15 is 0 Å². The molecule has 3 N–H and O–H groups in total. The number of hydrogen-bond acceptors (Lipinski definition) is 5. The average molecular weight is 375 g/mol. The van der Waals surface area contributed by atoms with Crippen LogP contribution in [0.4, 0.5) is 5.69 Å². The van der Waals surface area contributed by atoms with Gasteiger partial charge in [0.05, 0.1) is 12.5 Å². The topological polar surface area (TPSA) is 102 Å². The Morgan fingerprint density at radius 2 is 1.85 bits per heavy atom. The van der Waals surface area contributed by atoms with Crippen molar-refractivity contribution in [3.8, 4) is 0 Å². The summed E-state index contributed by atoms with van der Waals surface area (Å²) in [5, 5.41) is 2.80. The van der Waals surface area contributed by atoms with Crippen LogP contribution >= 0.6 is 0 Å². The molecule has 1 heterocycles. The van der Waals surface area contributed by atoms with Gasteiger partial charge in [-0.3, -0.25) is 14.4 Å². The van der Waals surface area contributed by atoms with Gasteiger partial charge in [0, 0.05) is 36.8 Å². The van der Waals surface area contributed by atoms with Gasteiger partial charge in [0.2, 0.25) is 5.91 Å². The molecule has 0 radical (unpaired) electrons. The minimum atomic E-state index is -0.172. The molecule has 7 nitrogen and oxygen atoms in total. The molecule has 0 bridgehead atoms. The van der Waals surface area contributed by atoms with Gasteiger partial charge >= 0.3 is 5.97 Å². The highest BCUT2D eigenvalue weighted by atomic mass is 16.5. The van der Waals surface area contributed by atoms with Crippen molar-refractivity contribution in [1.82, 2.24) is 4.90 Å². The van der Waals surface area contributed by atoms with E-state index in [2.05, 4.69) is 5.32 Å². The van der Waals surface area contributed by atoms with Crippen LogP contribution in [0.15, 0.2) is 24.3 Å². The number of piperidine rings is 1. The lowest BCUT2D eigenvalue weighted by Gasteiger charge is -2.31. The van der Waals surface area contributed by atoms with Crippen LogP contribution in [0.25, 0.3) is 0 Å². The van der Waals surface area contributed by atoms with Crippen molar-refractivity contribution in [2.24, 2.45) is 11.7 Å². The standard InChI is InChI=1S/C20H29N3O4/c1-3-27-20(26)16-10-12-23(13-11-16)19(25)15-5-7-17(8-6-15)22-18(24)9-4-14(2)21/h5-8,14,16H,3-4,9-13,21H2,1-2H3,(H,22,24). The molecule has 148 valence electrons. The molecule has 27 heavy (non-hydrogen) atoms. The van der Waals surface area contributed by atoms with Gasteiger partial charge in [0.15, 0.2) is 0 Å². The number of amides is 2. The van der Waals surface area contributed by atoms with Crippen molar-refractivity contribution in [2.75, 3.05) is 25.0 Å². The summed E-state index contributed by atoms with van der Waals surface area (Å²) >= 11 is 0. The smallest absolute Gasteiger partial charge is 0.309 e. The Balaban J connectivity index is 1.85. The average Bonchev–Trinajstić information content (AvgIpc) is 2.67. The number of nitrogens with two attached hydrogens (primary N) is 1. The summed E-state index contributed by atoms with van der Waals surface area (Å²) in [6.07, 6.45) is 2.24. The predicted molar refractivity (Wildman–Crippen MR) is 103 cm³/mol. The van der Waals surface area contributed by atoms with E-state index in [4.69, 9.17) is 10.5 Å². The maximum absolute atomic E-state index is 12.6. The third kappa shape index (κ3) is 6.36. The molecular formula is C20H29N3O4. The molecule has 0 aromatic heterocycles. The summed E-state index contributed by atoms with van der Waals surface area (Å²) in [6, 6.07) is 6.86. The summed E-state index contributed by atoms with van der Waals surface area (Å²) in [5.41, 5.74) is 6.87. The molecular weight excluding hydrogens is 346 g/mol. The van der Waals surface area contributed by atoms with Gasteiger partial charge in [0.1, 0.15) is 0 Å². The van der Waals surface area contributed by atoms with Crippen LogP contribution in [0, 0.1) is 5.92 Å². The monoisotopic (exact) mass is 375 g/mol. The van der Waals surface area contributed by atoms with Crippen LogP contribution < -0.4 is 11.1 Å². The van der Waals surface area contributed by atoms with Gasteiger partial charge in [-0.2, -0.15) is 0 Å². The number of rotatable bonds is 7. The Morgan fingerprint density at radius 3 is 2.41 bits per heavy atom. The van der Waals surface area contributed by atoms with E-state index < -0.39 is 0 Å². The second kappa shape index (κ2) is 10.1. The first-order valence-electron chi connectivity index (χ1n) is 9.52. The van der Waals surface area contributed by atoms with Crippen LogP contribution in [0.3, 0.4) is 0 Å². The molecule has 1 unspecified atom stereocenters. The van der Waals surface area contributed by atoms with Crippen molar-refractivity contribution in [1.29, 1.82) is 0 Å². The molecule has 7 heteroatoms. The number of nitrogens with one attached hydrogen (secondary N) is 1. The minimum absolute atomic E-state index is 0.0104. The van der Waals surface area contributed by atoms with Gasteiger partial charge in [-0.1, -0.05) is 0 Å². The summed E-state index contributed by atoms with van der Waals surface area (Å²) in [5.74, 6) is -0.448. The molecule has 0 aliphatic carbocycles. The maximum atomic E-state index is 12.6. The molecule has 0 saturated carbocycles. The second-order valence-corrected chi connectivity index (χ2v) is 6.96. The van der Waals surface area contributed by atoms with Crippen LogP contribution in [-0.2, 0) is 14.3 Å². The number of ether oxygens (including phenoxy) is 1. The molecule has 1 saturated heterocycles. The highest BCUT2D eigenvalue weighted by Gasteiger charge is 2.28. The third-order valence-electron chi connectivity index (χ3n) is 4.64. The lowest BCUT2D eigenvalue weighted by atomic mass is 9.96. The third-order valence-corrected chi connectivity index (χ3v) is 4.64. The van der Waals surface area contributed by atoms with E-state index in [0.717, 1.165) is 0 Å². The number of carbonyl (C=O) groups is 3. The lowest BCUT2D eigenvalue weighted by molar-refractivity contribution is -0.149. The lowest BCUT2D eigenvalue weighted by Crippen LogP contribution is -2.40. The van der Waals surface area contributed by atoms with E-state index in [9.17, 15) is 14.4 Å². The van der Waals surface area contributed by atoms with Gasteiger partial charge in [-0.25, -0.2) is 0 Å². The quantitative estimate of drug-likeness (QED) is 0.711. The maximum Gasteiger partial charge on any atom is 0.309 e. The first-order chi connectivity index (χ1) is 12.9. The van der Waals surface area contributed by atoms with E-state index in [1.165, 1.54) is 0 Å².